The lowest BCUT2D eigenvalue weighted by Gasteiger charge is -2.21. The molecule has 1 unspecified atom stereocenters. The van der Waals surface area contributed by atoms with Gasteiger partial charge in [0.1, 0.15) is 5.60 Å². The molecule has 0 aromatic rings. The number of rotatable bonds is 3. The third kappa shape index (κ3) is 4.82. The van der Waals surface area contributed by atoms with E-state index in [2.05, 4.69) is 6.08 Å². The van der Waals surface area contributed by atoms with Crippen LogP contribution in [0, 0.1) is 11.8 Å². The summed E-state index contributed by atoms with van der Waals surface area (Å²) in [6.07, 6.45) is 9.41. The van der Waals surface area contributed by atoms with Crippen LogP contribution in [0.5, 0.6) is 0 Å². The van der Waals surface area contributed by atoms with Gasteiger partial charge in [-0.25, -0.2) is 0 Å². The van der Waals surface area contributed by atoms with Gasteiger partial charge in [-0.2, -0.15) is 0 Å². The fraction of sp³-hybridized carbons (Fsp3) is 0.786. The van der Waals surface area contributed by atoms with Crippen LogP contribution in [-0.4, -0.2) is 11.6 Å². The number of hydrogen-bond donors (Lipinski definition) is 0. The van der Waals surface area contributed by atoms with Gasteiger partial charge in [-0.15, -0.1) is 0 Å². The van der Waals surface area contributed by atoms with Crippen LogP contribution in [0.4, 0.5) is 0 Å². The second-order valence-electron chi connectivity index (χ2n) is 5.75. The van der Waals surface area contributed by atoms with Gasteiger partial charge in [-0.3, -0.25) is 4.79 Å². The Balaban J connectivity index is 2.38. The van der Waals surface area contributed by atoms with Crippen molar-refractivity contribution in [1.82, 2.24) is 0 Å². The zero-order valence-corrected chi connectivity index (χ0v) is 11.0. The van der Waals surface area contributed by atoms with Crippen LogP contribution >= 0.6 is 0 Å². The number of hydrogen-bond acceptors (Lipinski definition) is 2. The molecule has 2 heteroatoms. The largest absolute Gasteiger partial charge is 0.460 e. The Morgan fingerprint density at radius 1 is 1.31 bits per heavy atom. The average molecular weight is 224 g/mol. The van der Waals surface area contributed by atoms with Crippen molar-refractivity contribution in [2.75, 3.05) is 0 Å². The standard InChI is InChI=1S/C14H24O2/c1-11(13(15)16-14(2,3)4)9-10-12-7-5-6-8-12/h9-12H,5-8H2,1-4H3/b10-9+. The van der Waals surface area contributed by atoms with E-state index in [0.717, 1.165) is 0 Å². The van der Waals surface area contributed by atoms with E-state index in [1.165, 1.54) is 25.7 Å². The molecule has 1 aliphatic rings. The summed E-state index contributed by atoms with van der Waals surface area (Å²) in [6, 6.07) is 0. The minimum atomic E-state index is -0.382. The summed E-state index contributed by atoms with van der Waals surface area (Å²) in [7, 11) is 0. The quantitative estimate of drug-likeness (QED) is 0.539. The molecule has 1 rings (SSSR count). The molecule has 0 amide bonds. The van der Waals surface area contributed by atoms with Gasteiger partial charge < -0.3 is 4.74 Å². The summed E-state index contributed by atoms with van der Waals surface area (Å²) >= 11 is 0. The molecular formula is C14H24O2. The van der Waals surface area contributed by atoms with Crippen molar-refractivity contribution in [3.63, 3.8) is 0 Å². The molecule has 0 radical (unpaired) electrons. The molecule has 1 saturated carbocycles. The molecule has 16 heavy (non-hydrogen) atoms. The molecule has 92 valence electrons. The van der Waals surface area contributed by atoms with Gasteiger partial charge in [0.05, 0.1) is 5.92 Å². The number of allylic oxidation sites excluding steroid dienone is 1. The van der Waals surface area contributed by atoms with Gasteiger partial charge in [-0.1, -0.05) is 25.0 Å². The van der Waals surface area contributed by atoms with Crippen molar-refractivity contribution in [2.45, 2.75) is 59.0 Å². The summed E-state index contributed by atoms with van der Waals surface area (Å²) < 4.78 is 5.32. The molecule has 1 aliphatic carbocycles. The minimum Gasteiger partial charge on any atom is -0.460 e. The molecule has 0 aliphatic heterocycles. The zero-order chi connectivity index (χ0) is 12.2. The molecule has 0 N–H and O–H groups in total. The second-order valence-corrected chi connectivity index (χ2v) is 5.75. The van der Waals surface area contributed by atoms with Gasteiger partial charge in [0, 0.05) is 0 Å². The highest BCUT2D eigenvalue weighted by atomic mass is 16.6. The smallest absolute Gasteiger partial charge is 0.313 e. The van der Waals surface area contributed by atoms with Crippen molar-refractivity contribution >= 4 is 5.97 Å². The Hall–Kier alpha value is -0.790. The molecule has 0 aromatic carbocycles. The molecule has 0 aromatic heterocycles. The highest BCUT2D eigenvalue weighted by molar-refractivity contribution is 5.74. The van der Waals surface area contributed by atoms with E-state index in [0.29, 0.717) is 5.92 Å². The van der Waals surface area contributed by atoms with Crippen LogP contribution in [0.25, 0.3) is 0 Å². The van der Waals surface area contributed by atoms with Crippen molar-refractivity contribution in [3.8, 4) is 0 Å². The van der Waals surface area contributed by atoms with E-state index in [1.807, 2.05) is 33.8 Å². The lowest BCUT2D eigenvalue weighted by atomic mass is 10.0. The molecule has 0 bridgehead atoms. The van der Waals surface area contributed by atoms with Gasteiger partial charge in [-0.05, 0) is 46.5 Å². The molecule has 2 nitrogen and oxygen atoms in total. The number of carbonyl (C=O) groups excluding carboxylic acids is 1. The monoisotopic (exact) mass is 224 g/mol. The minimum absolute atomic E-state index is 0.123. The first-order valence-corrected chi connectivity index (χ1v) is 6.29. The van der Waals surface area contributed by atoms with Crippen molar-refractivity contribution in [2.24, 2.45) is 11.8 Å². The van der Waals surface area contributed by atoms with Gasteiger partial charge in [0.25, 0.3) is 0 Å². The molecular weight excluding hydrogens is 200 g/mol. The summed E-state index contributed by atoms with van der Waals surface area (Å²) in [5.74, 6) is 0.437. The second kappa shape index (κ2) is 5.51. The zero-order valence-electron chi connectivity index (χ0n) is 11.0. The maximum absolute atomic E-state index is 11.7. The van der Waals surface area contributed by atoms with Crippen molar-refractivity contribution < 1.29 is 9.53 Å². The highest BCUT2D eigenvalue weighted by Gasteiger charge is 2.20. The lowest BCUT2D eigenvalue weighted by Crippen LogP contribution is -2.27. The first kappa shape index (κ1) is 13.3. The third-order valence-electron chi connectivity index (χ3n) is 2.85. The maximum atomic E-state index is 11.7. The third-order valence-corrected chi connectivity index (χ3v) is 2.85. The Morgan fingerprint density at radius 2 is 1.88 bits per heavy atom. The molecule has 0 heterocycles. The van der Waals surface area contributed by atoms with Crippen molar-refractivity contribution in [3.05, 3.63) is 12.2 Å². The van der Waals surface area contributed by atoms with Gasteiger partial charge in [0.15, 0.2) is 0 Å². The van der Waals surface area contributed by atoms with E-state index < -0.39 is 0 Å². The summed E-state index contributed by atoms with van der Waals surface area (Å²) in [5.41, 5.74) is -0.382. The number of carbonyl (C=O) groups is 1. The van der Waals surface area contributed by atoms with Crippen LogP contribution in [0.1, 0.15) is 53.4 Å². The lowest BCUT2D eigenvalue weighted by molar-refractivity contribution is -0.157. The molecule has 0 spiro atoms. The summed E-state index contributed by atoms with van der Waals surface area (Å²) in [6.45, 7) is 7.61. The fourth-order valence-corrected chi connectivity index (χ4v) is 1.95. The van der Waals surface area contributed by atoms with E-state index in [4.69, 9.17) is 4.74 Å². The highest BCUT2D eigenvalue weighted by Crippen LogP contribution is 2.26. The SMILES string of the molecule is CC(/C=C/C1CCCC1)C(=O)OC(C)(C)C. The molecule has 1 atom stereocenters. The average Bonchev–Trinajstić information content (AvgIpc) is 2.63. The van der Waals surface area contributed by atoms with Crippen LogP contribution in [0.2, 0.25) is 0 Å². The molecule has 0 saturated heterocycles. The Labute approximate surface area is 99.1 Å². The first-order valence-electron chi connectivity index (χ1n) is 6.29. The van der Waals surface area contributed by atoms with E-state index in [9.17, 15) is 4.79 Å². The summed E-state index contributed by atoms with van der Waals surface area (Å²) in [4.78, 5) is 11.7. The van der Waals surface area contributed by atoms with Crippen molar-refractivity contribution in [1.29, 1.82) is 0 Å². The Kier molecular flexibility index (Phi) is 4.57. The predicted octanol–water partition coefficient (Wildman–Crippen LogP) is 3.71. The number of esters is 1. The maximum Gasteiger partial charge on any atom is 0.313 e. The van der Waals surface area contributed by atoms with E-state index in [-0.39, 0.29) is 17.5 Å². The van der Waals surface area contributed by atoms with Crippen LogP contribution in [-0.2, 0) is 9.53 Å². The van der Waals surface area contributed by atoms with E-state index >= 15 is 0 Å². The van der Waals surface area contributed by atoms with Gasteiger partial charge in [0.2, 0.25) is 0 Å². The summed E-state index contributed by atoms with van der Waals surface area (Å²) in [5, 5.41) is 0. The molecule has 1 fully saturated rings. The van der Waals surface area contributed by atoms with Crippen LogP contribution in [0.15, 0.2) is 12.2 Å². The Bertz CT molecular complexity index is 254. The van der Waals surface area contributed by atoms with Crippen LogP contribution in [0.3, 0.4) is 0 Å². The number of ether oxygens (including phenoxy) is 1. The first-order chi connectivity index (χ1) is 7.38. The van der Waals surface area contributed by atoms with E-state index in [1.54, 1.807) is 0 Å². The predicted molar refractivity (Wildman–Crippen MR) is 66.1 cm³/mol. The topological polar surface area (TPSA) is 26.3 Å². The fourth-order valence-electron chi connectivity index (χ4n) is 1.95. The van der Waals surface area contributed by atoms with Gasteiger partial charge >= 0.3 is 5.97 Å². The normalized spacial score (nSPS) is 20.2. The van der Waals surface area contributed by atoms with Crippen LogP contribution < -0.4 is 0 Å². The Morgan fingerprint density at radius 3 is 2.38 bits per heavy atom.